The monoisotopic (exact) mass is 347 g/mol. The molecule has 0 aromatic heterocycles. The molecule has 1 N–H and O–H groups in total. The molecule has 0 spiro atoms. The summed E-state index contributed by atoms with van der Waals surface area (Å²) in [6, 6.07) is 5.80. The molecule has 2 aliphatic heterocycles. The molecule has 2 bridgehead atoms. The van der Waals surface area contributed by atoms with Crippen LogP contribution in [-0.2, 0) is 15.1 Å². The molecule has 2 aliphatic rings. The third kappa shape index (κ3) is 3.67. The third-order valence-electron chi connectivity index (χ3n) is 5.04. The number of rotatable bonds is 1. The number of fused-ring (bicyclic) bond motifs is 2. The predicted molar refractivity (Wildman–Crippen MR) is 95.5 cm³/mol. The molecule has 0 saturated carbocycles. The Morgan fingerprint density at radius 2 is 1.84 bits per heavy atom. The molecule has 2 atom stereocenters. The Labute approximate surface area is 149 Å². The first-order valence-corrected chi connectivity index (χ1v) is 8.98. The largest absolute Gasteiger partial charge is 0.444 e. The average molecular weight is 347 g/mol. The summed E-state index contributed by atoms with van der Waals surface area (Å²) >= 11 is 0. The van der Waals surface area contributed by atoms with Gasteiger partial charge < -0.3 is 14.6 Å². The maximum absolute atomic E-state index is 12.7. The molecule has 0 aliphatic carbocycles. The highest BCUT2D eigenvalue weighted by atomic mass is 16.6. The highest BCUT2D eigenvalue weighted by molar-refractivity contribution is 5.69. The quantitative estimate of drug-likeness (QED) is 0.847. The number of aliphatic hydroxyl groups is 1. The summed E-state index contributed by atoms with van der Waals surface area (Å²) in [6.45, 7) is 10.6. The molecule has 25 heavy (non-hydrogen) atoms. The Morgan fingerprint density at radius 3 is 2.36 bits per heavy atom. The van der Waals surface area contributed by atoms with Crippen LogP contribution in [0.15, 0.2) is 18.2 Å². The van der Waals surface area contributed by atoms with Crippen molar-refractivity contribution in [2.24, 2.45) is 0 Å². The molecule has 5 nitrogen and oxygen atoms in total. The molecular weight excluding hydrogens is 318 g/mol. The molecule has 2 fully saturated rings. The summed E-state index contributed by atoms with van der Waals surface area (Å²) < 4.78 is 11.2. The van der Waals surface area contributed by atoms with Crippen LogP contribution >= 0.6 is 0 Å². The summed E-state index contributed by atoms with van der Waals surface area (Å²) in [7, 11) is 0. The molecule has 1 aromatic rings. The van der Waals surface area contributed by atoms with Gasteiger partial charge in [0.05, 0.1) is 30.9 Å². The minimum absolute atomic E-state index is 0.173. The van der Waals surface area contributed by atoms with E-state index in [0.29, 0.717) is 26.1 Å². The van der Waals surface area contributed by atoms with E-state index in [-0.39, 0.29) is 18.2 Å². The van der Waals surface area contributed by atoms with Crippen molar-refractivity contribution < 1.29 is 19.4 Å². The van der Waals surface area contributed by atoms with E-state index < -0.39 is 11.2 Å². The summed E-state index contributed by atoms with van der Waals surface area (Å²) in [5.41, 5.74) is 1.76. The highest BCUT2D eigenvalue weighted by Gasteiger charge is 2.50. The molecule has 138 valence electrons. The van der Waals surface area contributed by atoms with Crippen molar-refractivity contribution >= 4 is 6.09 Å². The van der Waals surface area contributed by atoms with E-state index in [1.165, 1.54) is 5.56 Å². The Bertz CT molecular complexity index is 650. The number of hydrogen-bond acceptors (Lipinski definition) is 4. The minimum Gasteiger partial charge on any atom is -0.444 e. The van der Waals surface area contributed by atoms with Crippen LogP contribution in [0.25, 0.3) is 0 Å². The van der Waals surface area contributed by atoms with Crippen molar-refractivity contribution in [1.29, 1.82) is 0 Å². The van der Waals surface area contributed by atoms with E-state index in [9.17, 15) is 9.90 Å². The third-order valence-corrected chi connectivity index (χ3v) is 5.04. The van der Waals surface area contributed by atoms with Crippen LogP contribution in [0.2, 0.25) is 0 Å². The van der Waals surface area contributed by atoms with Gasteiger partial charge >= 0.3 is 6.09 Å². The number of hydrogen-bond donors (Lipinski definition) is 1. The molecule has 2 heterocycles. The Balaban J connectivity index is 1.87. The lowest BCUT2D eigenvalue weighted by molar-refractivity contribution is -0.141. The normalized spacial score (nSPS) is 29.4. The lowest BCUT2D eigenvalue weighted by atomic mass is 9.75. The molecule has 1 amide bonds. The summed E-state index contributed by atoms with van der Waals surface area (Å²) in [5.74, 6) is 0. The van der Waals surface area contributed by atoms with Crippen LogP contribution < -0.4 is 0 Å². The maximum Gasteiger partial charge on any atom is 0.410 e. The fourth-order valence-electron chi connectivity index (χ4n) is 4.14. The van der Waals surface area contributed by atoms with Gasteiger partial charge in [-0.2, -0.15) is 0 Å². The van der Waals surface area contributed by atoms with Crippen molar-refractivity contribution in [1.82, 2.24) is 4.90 Å². The fraction of sp³-hybridized carbons (Fsp3) is 0.650. The second-order valence-electron chi connectivity index (χ2n) is 8.49. The molecule has 0 radical (unpaired) electrons. The fourth-order valence-corrected chi connectivity index (χ4v) is 4.14. The predicted octanol–water partition coefficient (Wildman–Crippen LogP) is 3.29. The van der Waals surface area contributed by atoms with E-state index in [1.807, 2.05) is 39.8 Å². The van der Waals surface area contributed by atoms with Crippen LogP contribution in [0.3, 0.4) is 0 Å². The van der Waals surface area contributed by atoms with Crippen LogP contribution in [0.1, 0.15) is 50.3 Å². The first kappa shape index (κ1) is 18.2. The van der Waals surface area contributed by atoms with Crippen molar-refractivity contribution in [2.45, 2.75) is 70.7 Å². The van der Waals surface area contributed by atoms with Gasteiger partial charge in [-0.05, 0) is 45.7 Å². The molecule has 2 saturated heterocycles. The van der Waals surface area contributed by atoms with Gasteiger partial charge in [0.15, 0.2) is 0 Å². The van der Waals surface area contributed by atoms with Crippen LogP contribution in [-0.4, -0.2) is 47.0 Å². The lowest BCUT2D eigenvalue weighted by Gasteiger charge is -2.51. The SMILES string of the molecule is Cc1ccc(C2(O)CC3COCC(C2)N3C(=O)OC(C)(C)C)c(C)c1. The number of benzene rings is 1. The first-order valence-electron chi connectivity index (χ1n) is 8.98. The zero-order chi connectivity index (χ0) is 18.4. The number of aryl methyl sites for hydroxylation is 2. The molecule has 2 unspecified atom stereocenters. The van der Waals surface area contributed by atoms with Crippen molar-refractivity contribution in [3.63, 3.8) is 0 Å². The number of ether oxygens (including phenoxy) is 2. The van der Waals surface area contributed by atoms with Crippen molar-refractivity contribution in [3.05, 3.63) is 34.9 Å². The molecule has 3 rings (SSSR count). The van der Waals surface area contributed by atoms with Gasteiger partial charge in [0, 0.05) is 12.8 Å². The second-order valence-corrected chi connectivity index (χ2v) is 8.49. The molecular formula is C20H29NO4. The number of amides is 1. The Hall–Kier alpha value is -1.59. The number of carbonyl (C=O) groups excluding carboxylic acids is 1. The van der Waals surface area contributed by atoms with Gasteiger partial charge in [-0.3, -0.25) is 4.90 Å². The Kier molecular flexibility index (Phi) is 4.58. The van der Waals surface area contributed by atoms with Gasteiger partial charge in [0.25, 0.3) is 0 Å². The average Bonchev–Trinajstić information content (AvgIpc) is 2.43. The minimum atomic E-state index is -0.935. The Morgan fingerprint density at radius 1 is 1.24 bits per heavy atom. The zero-order valence-electron chi connectivity index (χ0n) is 15.8. The molecule has 5 heteroatoms. The van der Waals surface area contributed by atoms with E-state index in [4.69, 9.17) is 9.47 Å². The summed E-state index contributed by atoms with van der Waals surface area (Å²) in [5, 5.41) is 11.4. The molecule has 1 aromatic carbocycles. The topological polar surface area (TPSA) is 59.0 Å². The zero-order valence-corrected chi connectivity index (χ0v) is 15.8. The first-order chi connectivity index (χ1) is 11.6. The lowest BCUT2D eigenvalue weighted by Crippen LogP contribution is -2.63. The number of morpholine rings is 1. The van der Waals surface area contributed by atoms with E-state index in [1.54, 1.807) is 4.90 Å². The maximum atomic E-state index is 12.7. The van der Waals surface area contributed by atoms with Crippen molar-refractivity contribution in [2.75, 3.05) is 13.2 Å². The standard InChI is InChI=1S/C20H29NO4/c1-13-6-7-17(14(2)8-13)20(23)9-15-11-24-12-16(10-20)21(15)18(22)25-19(3,4)5/h6-8,15-16,23H,9-12H2,1-5H3. The van der Waals surface area contributed by atoms with Crippen LogP contribution in [0.5, 0.6) is 0 Å². The van der Waals surface area contributed by atoms with E-state index in [2.05, 4.69) is 13.0 Å². The number of nitrogens with zero attached hydrogens (tertiary/aromatic N) is 1. The van der Waals surface area contributed by atoms with Gasteiger partial charge in [-0.25, -0.2) is 4.79 Å². The van der Waals surface area contributed by atoms with Gasteiger partial charge in [0.1, 0.15) is 5.60 Å². The summed E-state index contributed by atoms with van der Waals surface area (Å²) in [6.07, 6.45) is 0.618. The smallest absolute Gasteiger partial charge is 0.410 e. The second kappa shape index (κ2) is 6.29. The number of carbonyl (C=O) groups is 1. The van der Waals surface area contributed by atoms with Gasteiger partial charge in [-0.15, -0.1) is 0 Å². The van der Waals surface area contributed by atoms with E-state index in [0.717, 1.165) is 11.1 Å². The van der Waals surface area contributed by atoms with Crippen LogP contribution in [0, 0.1) is 13.8 Å². The number of piperidine rings is 1. The highest BCUT2D eigenvalue weighted by Crippen LogP contribution is 2.42. The van der Waals surface area contributed by atoms with Gasteiger partial charge in [0.2, 0.25) is 0 Å². The van der Waals surface area contributed by atoms with E-state index >= 15 is 0 Å². The van der Waals surface area contributed by atoms with Crippen LogP contribution in [0.4, 0.5) is 4.79 Å². The summed E-state index contributed by atoms with van der Waals surface area (Å²) in [4.78, 5) is 14.4. The van der Waals surface area contributed by atoms with Gasteiger partial charge in [-0.1, -0.05) is 23.8 Å². The van der Waals surface area contributed by atoms with Crippen molar-refractivity contribution in [3.8, 4) is 0 Å².